The van der Waals surface area contributed by atoms with Crippen molar-refractivity contribution in [3.63, 3.8) is 0 Å². The maximum Gasteiger partial charge on any atom is 0.123 e. The quantitative estimate of drug-likeness (QED) is 0.787. The third-order valence-electron chi connectivity index (χ3n) is 4.09. The number of benzene rings is 2. The lowest BCUT2D eigenvalue weighted by molar-refractivity contribution is 0.221. The maximum atomic E-state index is 5.91. The number of ether oxygens (including phenoxy) is 1. The molecule has 2 aliphatic heterocycles. The zero-order valence-electron chi connectivity index (χ0n) is 10.1. The van der Waals surface area contributed by atoms with Crippen molar-refractivity contribution >= 4 is 23.2 Å². The lowest BCUT2D eigenvalue weighted by atomic mass is 9.84. The first-order valence-corrected chi connectivity index (χ1v) is 6.28. The third-order valence-corrected chi connectivity index (χ3v) is 4.09. The summed E-state index contributed by atoms with van der Waals surface area (Å²) in [6, 6.07) is 12.9. The van der Waals surface area contributed by atoms with Crippen LogP contribution >= 0.6 is 12.4 Å². The first kappa shape index (κ1) is 11.8. The van der Waals surface area contributed by atoms with E-state index in [4.69, 9.17) is 4.74 Å². The lowest BCUT2D eigenvalue weighted by Gasteiger charge is -2.29. The molecule has 0 radical (unpaired) electrons. The van der Waals surface area contributed by atoms with Gasteiger partial charge >= 0.3 is 0 Å². The number of fused-ring (bicyclic) bond motifs is 5. The van der Waals surface area contributed by atoms with Gasteiger partial charge in [0.05, 0.1) is 6.61 Å². The normalized spacial score (nSPS) is 24.9. The molecule has 1 saturated heterocycles. The summed E-state index contributed by atoms with van der Waals surface area (Å²) in [5, 5.41) is 6.18. The van der Waals surface area contributed by atoms with E-state index in [2.05, 4.69) is 41.7 Å². The van der Waals surface area contributed by atoms with Crippen molar-refractivity contribution < 1.29 is 4.74 Å². The van der Waals surface area contributed by atoms with Crippen LogP contribution in [0.1, 0.15) is 11.5 Å². The average molecular weight is 262 g/mol. The molecule has 2 nitrogen and oxygen atoms in total. The number of nitrogens with one attached hydrogen (secondary N) is 1. The van der Waals surface area contributed by atoms with Crippen LogP contribution < -0.4 is 10.1 Å². The molecule has 2 atom stereocenters. The van der Waals surface area contributed by atoms with Gasteiger partial charge in [-0.15, -0.1) is 12.4 Å². The molecule has 0 spiro atoms. The highest BCUT2D eigenvalue weighted by atomic mass is 35.5. The number of hydrogen-bond donors (Lipinski definition) is 1. The van der Waals surface area contributed by atoms with E-state index in [1.807, 2.05) is 0 Å². The van der Waals surface area contributed by atoms with Gasteiger partial charge in [0.2, 0.25) is 0 Å². The molecule has 1 fully saturated rings. The molecule has 3 heteroatoms. The molecule has 94 valence electrons. The second-order valence-corrected chi connectivity index (χ2v) is 5.03. The van der Waals surface area contributed by atoms with E-state index >= 15 is 0 Å². The number of rotatable bonds is 0. The average Bonchev–Trinajstić information content (AvgIpc) is 2.86. The van der Waals surface area contributed by atoms with E-state index in [0.717, 1.165) is 25.4 Å². The summed E-state index contributed by atoms with van der Waals surface area (Å²) in [7, 11) is 0. The minimum Gasteiger partial charge on any atom is -0.493 e. The predicted octanol–water partition coefficient (Wildman–Crippen LogP) is 2.96. The van der Waals surface area contributed by atoms with Crippen LogP contribution in [0.2, 0.25) is 0 Å². The highest BCUT2D eigenvalue weighted by Crippen LogP contribution is 2.42. The Balaban J connectivity index is 0.000001000. The Kier molecular flexibility index (Phi) is 2.92. The van der Waals surface area contributed by atoms with Crippen LogP contribution in [0, 0.1) is 5.92 Å². The fraction of sp³-hybridized carbons (Fsp3) is 0.333. The van der Waals surface area contributed by atoms with Crippen LogP contribution in [0.4, 0.5) is 0 Å². The summed E-state index contributed by atoms with van der Waals surface area (Å²) >= 11 is 0. The Labute approximate surface area is 113 Å². The molecule has 0 aromatic heterocycles. The van der Waals surface area contributed by atoms with Crippen molar-refractivity contribution in [2.75, 3.05) is 19.7 Å². The largest absolute Gasteiger partial charge is 0.493 e. The van der Waals surface area contributed by atoms with Crippen molar-refractivity contribution in [3.8, 4) is 5.75 Å². The predicted molar refractivity (Wildman–Crippen MR) is 75.8 cm³/mol. The van der Waals surface area contributed by atoms with Crippen LogP contribution in [0.5, 0.6) is 5.75 Å². The number of hydrogen-bond acceptors (Lipinski definition) is 2. The molecule has 2 heterocycles. The second kappa shape index (κ2) is 4.45. The Morgan fingerprint density at radius 1 is 1.06 bits per heavy atom. The Hall–Kier alpha value is -1.25. The second-order valence-electron chi connectivity index (χ2n) is 5.03. The van der Waals surface area contributed by atoms with Gasteiger partial charge in [0.25, 0.3) is 0 Å². The van der Waals surface area contributed by atoms with Crippen LogP contribution in [0.15, 0.2) is 36.4 Å². The smallest absolute Gasteiger partial charge is 0.123 e. The van der Waals surface area contributed by atoms with E-state index in [1.165, 1.54) is 16.3 Å². The molecule has 0 saturated carbocycles. The summed E-state index contributed by atoms with van der Waals surface area (Å²) in [5.74, 6) is 2.37. The molecular weight excluding hydrogens is 246 g/mol. The number of halogens is 1. The Morgan fingerprint density at radius 3 is 2.89 bits per heavy atom. The summed E-state index contributed by atoms with van der Waals surface area (Å²) < 4.78 is 5.91. The molecule has 0 aliphatic carbocycles. The van der Waals surface area contributed by atoms with Crippen molar-refractivity contribution in [2.45, 2.75) is 5.92 Å². The summed E-state index contributed by atoms with van der Waals surface area (Å²) in [5.41, 5.74) is 1.42. The maximum absolute atomic E-state index is 5.91. The fourth-order valence-electron chi connectivity index (χ4n) is 3.23. The zero-order valence-corrected chi connectivity index (χ0v) is 10.9. The van der Waals surface area contributed by atoms with Gasteiger partial charge in [0, 0.05) is 30.5 Å². The van der Waals surface area contributed by atoms with Gasteiger partial charge in [-0.3, -0.25) is 0 Å². The highest BCUT2D eigenvalue weighted by molar-refractivity contribution is 5.88. The summed E-state index contributed by atoms with van der Waals surface area (Å²) in [6.07, 6.45) is 0. The molecule has 18 heavy (non-hydrogen) atoms. The minimum absolute atomic E-state index is 0. The van der Waals surface area contributed by atoms with E-state index in [-0.39, 0.29) is 12.4 Å². The molecule has 1 N–H and O–H groups in total. The fourth-order valence-corrected chi connectivity index (χ4v) is 3.23. The Bertz CT molecular complexity index is 584. The SMILES string of the molecule is Cl.c1ccc2c3c(ccc2c1)OC[C@H]1CNC[C@@H]31. The van der Waals surface area contributed by atoms with Gasteiger partial charge < -0.3 is 10.1 Å². The van der Waals surface area contributed by atoms with Gasteiger partial charge in [-0.25, -0.2) is 0 Å². The van der Waals surface area contributed by atoms with E-state index < -0.39 is 0 Å². The minimum atomic E-state index is 0. The van der Waals surface area contributed by atoms with Gasteiger partial charge in [-0.1, -0.05) is 30.3 Å². The highest BCUT2D eigenvalue weighted by Gasteiger charge is 2.35. The zero-order chi connectivity index (χ0) is 11.2. The molecule has 0 bridgehead atoms. The summed E-state index contributed by atoms with van der Waals surface area (Å²) in [6.45, 7) is 3.05. The van der Waals surface area contributed by atoms with Crippen LogP contribution in [0.25, 0.3) is 10.8 Å². The van der Waals surface area contributed by atoms with Gasteiger partial charge in [0.1, 0.15) is 5.75 Å². The third kappa shape index (κ3) is 1.60. The van der Waals surface area contributed by atoms with Crippen molar-refractivity contribution in [2.24, 2.45) is 5.92 Å². The summed E-state index contributed by atoms with van der Waals surface area (Å²) in [4.78, 5) is 0. The lowest BCUT2D eigenvalue weighted by Crippen LogP contribution is -2.24. The topological polar surface area (TPSA) is 21.3 Å². The van der Waals surface area contributed by atoms with Crippen molar-refractivity contribution in [3.05, 3.63) is 42.0 Å². The molecule has 0 unspecified atom stereocenters. The van der Waals surface area contributed by atoms with Gasteiger partial charge in [-0.05, 0) is 16.8 Å². The molecule has 0 amide bonds. The van der Waals surface area contributed by atoms with Gasteiger partial charge in [-0.2, -0.15) is 0 Å². The van der Waals surface area contributed by atoms with E-state index in [0.29, 0.717) is 11.8 Å². The molecule has 4 rings (SSSR count). The van der Waals surface area contributed by atoms with E-state index in [1.54, 1.807) is 0 Å². The monoisotopic (exact) mass is 261 g/mol. The van der Waals surface area contributed by atoms with E-state index in [9.17, 15) is 0 Å². The standard InChI is InChI=1S/C15H15NO.ClH/c1-2-4-12-10(3-1)5-6-14-15(12)13-8-16-7-11(13)9-17-14;/h1-6,11,13,16H,7-9H2;1H/t11-,13-;/m1./s1. The Morgan fingerprint density at radius 2 is 1.94 bits per heavy atom. The molecular formula is C15H16ClNO. The first-order valence-electron chi connectivity index (χ1n) is 6.28. The first-order chi connectivity index (χ1) is 8.43. The van der Waals surface area contributed by atoms with Crippen molar-refractivity contribution in [1.82, 2.24) is 5.32 Å². The van der Waals surface area contributed by atoms with Crippen molar-refractivity contribution in [1.29, 1.82) is 0 Å². The molecule has 2 aromatic carbocycles. The van der Waals surface area contributed by atoms with Crippen LogP contribution in [-0.4, -0.2) is 19.7 Å². The van der Waals surface area contributed by atoms with Crippen LogP contribution in [0.3, 0.4) is 0 Å². The molecule has 2 aromatic rings. The molecule has 2 aliphatic rings. The van der Waals surface area contributed by atoms with Gasteiger partial charge in [0.15, 0.2) is 0 Å². The van der Waals surface area contributed by atoms with Crippen LogP contribution in [-0.2, 0) is 0 Å².